The maximum Gasteiger partial charge on any atom is 0.346 e. The summed E-state index contributed by atoms with van der Waals surface area (Å²) in [4.78, 5) is 32.5. The monoisotopic (exact) mass is 267 g/mol. The molecule has 6 nitrogen and oxygen atoms in total. The Morgan fingerprint density at radius 1 is 1.50 bits per heavy atom. The molecule has 18 heavy (non-hydrogen) atoms. The number of aromatic carboxylic acids is 1. The molecule has 0 amide bonds. The van der Waals surface area contributed by atoms with Gasteiger partial charge in [0.15, 0.2) is 0 Å². The molecule has 0 radical (unpaired) electrons. The van der Waals surface area contributed by atoms with Gasteiger partial charge in [0.05, 0.1) is 11.9 Å². The number of aromatic amines is 1. The number of thiophene rings is 1. The number of nitrogens with one attached hydrogen (secondary N) is 1. The predicted octanol–water partition coefficient (Wildman–Crippen LogP) is 1.05. The lowest BCUT2D eigenvalue weighted by Gasteiger charge is -2.07. The highest BCUT2D eigenvalue weighted by atomic mass is 32.1. The average molecular weight is 267 g/mol. The quantitative estimate of drug-likeness (QED) is 0.868. The van der Waals surface area contributed by atoms with E-state index in [1.807, 2.05) is 19.0 Å². The minimum absolute atomic E-state index is 0.171. The van der Waals surface area contributed by atoms with Crippen LogP contribution in [0.1, 0.15) is 21.1 Å². The molecule has 96 valence electrons. The SMILES string of the molecule is Cc1c(C(=O)O)sc2nc(CN(C)C)[nH]c(=O)c12. The summed E-state index contributed by atoms with van der Waals surface area (Å²) in [7, 11) is 3.74. The number of aryl methyl sites for hydroxylation is 1. The zero-order chi connectivity index (χ0) is 13.4. The highest BCUT2D eigenvalue weighted by Crippen LogP contribution is 2.26. The fourth-order valence-electron chi connectivity index (χ4n) is 1.77. The van der Waals surface area contributed by atoms with E-state index in [0.29, 0.717) is 28.1 Å². The van der Waals surface area contributed by atoms with Gasteiger partial charge in [-0.1, -0.05) is 0 Å². The lowest BCUT2D eigenvalue weighted by molar-refractivity contribution is 0.0701. The van der Waals surface area contributed by atoms with Crippen LogP contribution in [0.5, 0.6) is 0 Å². The first-order chi connectivity index (χ1) is 8.40. The van der Waals surface area contributed by atoms with Crippen molar-refractivity contribution in [2.45, 2.75) is 13.5 Å². The first-order valence-electron chi connectivity index (χ1n) is 5.30. The zero-order valence-corrected chi connectivity index (χ0v) is 11.1. The fourth-order valence-corrected chi connectivity index (χ4v) is 2.81. The van der Waals surface area contributed by atoms with Gasteiger partial charge >= 0.3 is 5.97 Å². The maximum absolute atomic E-state index is 11.9. The first-order valence-corrected chi connectivity index (χ1v) is 6.12. The number of hydrogen-bond donors (Lipinski definition) is 2. The molecule has 0 atom stereocenters. The van der Waals surface area contributed by atoms with Crippen LogP contribution in [0.3, 0.4) is 0 Å². The Labute approximate surface area is 107 Å². The van der Waals surface area contributed by atoms with Gasteiger partial charge < -0.3 is 15.0 Å². The normalized spacial score (nSPS) is 11.3. The summed E-state index contributed by atoms with van der Waals surface area (Å²) in [5, 5.41) is 9.41. The predicted molar refractivity (Wildman–Crippen MR) is 69.3 cm³/mol. The van der Waals surface area contributed by atoms with E-state index in [-0.39, 0.29) is 10.4 Å². The Morgan fingerprint density at radius 2 is 2.17 bits per heavy atom. The van der Waals surface area contributed by atoms with E-state index in [1.54, 1.807) is 6.92 Å². The van der Waals surface area contributed by atoms with Crippen molar-refractivity contribution in [3.63, 3.8) is 0 Å². The molecule has 2 N–H and O–H groups in total. The smallest absolute Gasteiger partial charge is 0.346 e. The van der Waals surface area contributed by atoms with Crippen LogP contribution >= 0.6 is 11.3 Å². The van der Waals surface area contributed by atoms with Crippen molar-refractivity contribution in [1.29, 1.82) is 0 Å². The van der Waals surface area contributed by atoms with Crippen LogP contribution in [0.4, 0.5) is 0 Å². The minimum atomic E-state index is -1.02. The molecular formula is C11H13N3O3S. The Kier molecular flexibility index (Phi) is 3.18. The zero-order valence-electron chi connectivity index (χ0n) is 10.3. The second-order valence-corrected chi connectivity index (χ2v) is 5.29. The van der Waals surface area contributed by atoms with E-state index in [4.69, 9.17) is 5.11 Å². The maximum atomic E-state index is 11.9. The second kappa shape index (κ2) is 4.51. The van der Waals surface area contributed by atoms with Crippen LogP contribution in [0.2, 0.25) is 0 Å². The minimum Gasteiger partial charge on any atom is -0.477 e. The van der Waals surface area contributed by atoms with Crippen LogP contribution in [0.25, 0.3) is 10.2 Å². The lowest BCUT2D eigenvalue weighted by atomic mass is 10.2. The molecule has 0 aromatic carbocycles. The van der Waals surface area contributed by atoms with E-state index in [1.165, 1.54) is 0 Å². The third-order valence-electron chi connectivity index (χ3n) is 2.51. The standard InChI is InChI=1S/C11H13N3O3S/c1-5-7-9(15)12-6(4-14(2)3)13-10(7)18-8(5)11(16)17/h4H2,1-3H3,(H,16,17)(H,12,13,15). The van der Waals surface area contributed by atoms with E-state index >= 15 is 0 Å². The lowest BCUT2D eigenvalue weighted by Crippen LogP contribution is -2.18. The number of carboxylic acids is 1. The van der Waals surface area contributed by atoms with Gasteiger partial charge in [-0.2, -0.15) is 0 Å². The summed E-state index contributed by atoms with van der Waals surface area (Å²) < 4.78 is 0. The summed E-state index contributed by atoms with van der Waals surface area (Å²) in [5.41, 5.74) is 0.200. The topological polar surface area (TPSA) is 86.3 Å². The van der Waals surface area contributed by atoms with Gasteiger partial charge in [-0.05, 0) is 26.6 Å². The Bertz CT molecular complexity index is 672. The Morgan fingerprint density at radius 3 is 2.72 bits per heavy atom. The number of carbonyl (C=O) groups is 1. The number of carboxylic acid groups (broad SMARTS) is 1. The van der Waals surface area contributed by atoms with E-state index in [0.717, 1.165) is 11.3 Å². The summed E-state index contributed by atoms with van der Waals surface area (Å²) in [6.45, 7) is 2.13. The Hall–Kier alpha value is -1.73. The van der Waals surface area contributed by atoms with Crippen molar-refractivity contribution in [2.24, 2.45) is 0 Å². The van der Waals surface area contributed by atoms with Crippen LogP contribution in [-0.2, 0) is 6.54 Å². The number of rotatable bonds is 3. The molecule has 0 aliphatic heterocycles. The van der Waals surface area contributed by atoms with Crippen molar-refractivity contribution >= 4 is 27.5 Å². The summed E-state index contributed by atoms with van der Waals surface area (Å²) in [6.07, 6.45) is 0. The third-order valence-corrected chi connectivity index (χ3v) is 3.68. The first kappa shape index (κ1) is 12.7. The van der Waals surface area contributed by atoms with E-state index < -0.39 is 5.97 Å². The number of nitrogens with zero attached hydrogens (tertiary/aromatic N) is 2. The molecule has 7 heteroatoms. The van der Waals surface area contributed by atoms with Gasteiger partial charge in [0.25, 0.3) is 5.56 Å². The van der Waals surface area contributed by atoms with Crippen molar-refractivity contribution in [3.05, 3.63) is 26.6 Å². The van der Waals surface area contributed by atoms with Gasteiger partial charge in [-0.15, -0.1) is 11.3 Å². The average Bonchev–Trinajstić information content (AvgIpc) is 2.55. The van der Waals surface area contributed by atoms with Gasteiger partial charge in [-0.25, -0.2) is 9.78 Å². The molecule has 0 unspecified atom stereocenters. The number of H-pyrrole nitrogens is 1. The van der Waals surface area contributed by atoms with Crippen molar-refractivity contribution in [1.82, 2.24) is 14.9 Å². The molecule has 0 saturated carbocycles. The Balaban J connectivity index is 2.67. The molecule has 0 bridgehead atoms. The summed E-state index contributed by atoms with van der Waals surface area (Å²) >= 11 is 1.04. The van der Waals surface area contributed by atoms with Crippen molar-refractivity contribution < 1.29 is 9.90 Å². The number of aromatic nitrogens is 2. The highest BCUT2D eigenvalue weighted by molar-refractivity contribution is 7.20. The molecule has 0 saturated heterocycles. The molecule has 0 fully saturated rings. The largest absolute Gasteiger partial charge is 0.477 e. The molecule has 2 heterocycles. The summed E-state index contributed by atoms with van der Waals surface area (Å²) in [6, 6.07) is 0. The van der Waals surface area contributed by atoms with Gasteiger partial charge in [0, 0.05) is 0 Å². The van der Waals surface area contributed by atoms with E-state index in [9.17, 15) is 9.59 Å². The van der Waals surface area contributed by atoms with E-state index in [2.05, 4.69) is 9.97 Å². The fraction of sp³-hybridized carbons (Fsp3) is 0.364. The molecule has 0 spiro atoms. The molecule has 2 aromatic heterocycles. The van der Waals surface area contributed by atoms with Gasteiger partial charge in [0.1, 0.15) is 15.5 Å². The highest BCUT2D eigenvalue weighted by Gasteiger charge is 2.18. The molecular weight excluding hydrogens is 254 g/mol. The van der Waals surface area contributed by atoms with Crippen LogP contribution in [0.15, 0.2) is 4.79 Å². The van der Waals surface area contributed by atoms with Crippen molar-refractivity contribution in [2.75, 3.05) is 14.1 Å². The molecule has 0 aliphatic rings. The van der Waals surface area contributed by atoms with Gasteiger partial charge in [0.2, 0.25) is 0 Å². The van der Waals surface area contributed by atoms with Crippen LogP contribution < -0.4 is 5.56 Å². The number of fused-ring (bicyclic) bond motifs is 1. The number of hydrogen-bond acceptors (Lipinski definition) is 5. The molecule has 2 rings (SSSR count). The molecule has 2 aromatic rings. The van der Waals surface area contributed by atoms with Crippen LogP contribution in [0, 0.1) is 6.92 Å². The summed E-state index contributed by atoms with van der Waals surface area (Å²) in [5.74, 6) is -0.486. The van der Waals surface area contributed by atoms with Crippen LogP contribution in [-0.4, -0.2) is 40.0 Å². The van der Waals surface area contributed by atoms with Crippen molar-refractivity contribution in [3.8, 4) is 0 Å². The van der Waals surface area contributed by atoms with Gasteiger partial charge in [-0.3, -0.25) is 4.79 Å². The third kappa shape index (κ3) is 2.14. The molecule has 0 aliphatic carbocycles. The second-order valence-electron chi connectivity index (χ2n) is 4.29.